The lowest BCUT2D eigenvalue weighted by molar-refractivity contribution is 0.316. The highest BCUT2D eigenvalue weighted by Gasteiger charge is 2.03. The van der Waals surface area contributed by atoms with Gasteiger partial charge in [0.15, 0.2) is 0 Å². The van der Waals surface area contributed by atoms with Gasteiger partial charge in [0.25, 0.3) is 0 Å². The molecule has 0 radical (unpaired) electrons. The normalized spacial score (nSPS) is 13.3. The van der Waals surface area contributed by atoms with Crippen molar-refractivity contribution in [1.29, 1.82) is 0 Å². The molecule has 5 nitrogen and oxygen atoms in total. The first-order chi connectivity index (χ1) is 8.37. The van der Waals surface area contributed by atoms with Gasteiger partial charge in [-0.05, 0) is 25.5 Å². The van der Waals surface area contributed by atoms with Crippen molar-refractivity contribution in [3.8, 4) is 5.75 Å². The molecule has 2 N–H and O–H groups in total. The maximum Gasteiger partial charge on any atom is 0.147 e. The highest BCUT2D eigenvalue weighted by atomic mass is 32.2. The largest absolute Gasteiger partial charge is 0.492 e. The van der Waals surface area contributed by atoms with Crippen molar-refractivity contribution in [2.24, 2.45) is 5.73 Å². The van der Waals surface area contributed by atoms with Crippen molar-refractivity contribution in [2.45, 2.75) is 25.8 Å². The summed E-state index contributed by atoms with van der Waals surface area (Å²) < 4.78 is 27.2. The summed E-state index contributed by atoms with van der Waals surface area (Å²) in [5, 5.41) is 0. The van der Waals surface area contributed by atoms with Crippen molar-refractivity contribution in [2.75, 3.05) is 18.6 Å². The molecule has 0 aliphatic rings. The van der Waals surface area contributed by atoms with Gasteiger partial charge in [-0.2, -0.15) is 0 Å². The third kappa shape index (κ3) is 6.56. The Morgan fingerprint density at radius 1 is 1.44 bits per heavy atom. The molecule has 1 heterocycles. The van der Waals surface area contributed by atoms with E-state index in [2.05, 4.69) is 4.98 Å². The van der Waals surface area contributed by atoms with Crippen LogP contribution in [0.25, 0.3) is 0 Å². The van der Waals surface area contributed by atoms with E-state index in [0.29, 0.717) is 18.8 Å². The van der Waals surface area contributed by atoms with Gasteiger partial charge in [-0.25, -0.2) is 8.42 Å². The molecular weight excluding hydrogens is 252 g/mol. The molecule has 1 unspecified atom stereocenters. The van der Waals surface area contributed by atoms with Crippen molar-refractivity contribution in [3.63, 3.8) is 0 Å². The summed E-state index contributed by atoms with van der Waals surface area (Å²) in [7, 11) is -2.91. The summed E-state index contributed by atoms with van der Waals surface area (Å²) in [5.41, 5.74) is 6.60. The molecule has 0 saturated heterocycles. The lowest BCUT2D eigenvalue weighted by Gasteiger charge is -2.07. The zero-order chi connectivity index (χ0) is 13.6. The lowest BCUT2D eigenvalue weighted by atomic mass is 10.2. The van der Waals surface area contributed by atoms with Crippen LogP contribution in [-0.2, 0) is 16.3 Å². The number of sulfone groups is 1. The van der Waals surface area contributed by atoms with E-state index in [1.165, 1.54) is 6.26 Å². The Morgan fingerprint density at radius 2 is 2.17 bits per heavy atom. The Kier molecular flexibility index (Phi) is 5.55. The monoisotopic (exact) mass is 272 g/mol. The van der Waals surface area contributed by atoms with Crippen LogP contribution in [0.3, 0.4) is 0 Å². The van der Waals surface area contributed by atoms with Crippen LogP contribution in [-0.4, -0.2) is 38.1 Å². The van der Waals surface area contributed by atoms with Crippen LogP contribution in [0, 0.1) is 0 Å². The summed E-state index contributed by atoms with van der Waals surface area (Å²) in [4.78, 5) is 4.22. The van der Waals surface area contributed by atoms with Gasteiger partial charge >= 0.3 is 0 Å². The van der Waals surface area contributed by atoms with Gasteiger partial charge in [-0.3, -0.25) is 4.98 Å². The molecule has 0 fully saturated rings. The molecule has 6 heteroatoms. The van der Waals surface area contributed by atoms with Crippen molar-refractivity contribution in [1.82, 2.24) is 4.98 Å². The molecule has 102 valence electrons. The Balaban J connectivity index is 2.35. The van der Waals surface area contributed by atoms with Gasteiger partial charge in [0.05, 0.1) is 18.6 Å². The fraction of sp³-hybridized carbons (Fsp3) is 0.583. The van der Waals surface area contributed by atoms with Crippen LogP contribution in [0.5, 0.6) is 5.75 Å². The predicted octanol–water partition coefficient (Wildman–Crippen LogP) is 0.785. The standard InChI is InChI=1S/C12H20N2O3S/c1-10(13)8-11-4-5-12(9-14-11)17-6-3-7-18(2,15)16/h4-5,9-10H,3,6-8,13H2,1-2H3. The van der Waals surface area contributed by atoms with Crippen molar-refractivity contribution in [3.05, 3.63) is 24.0 Å². The van der Waals surface area contributed by atoms with E-state index in [4.69, 9.17) is 10.5 Å². The average Bonchev–Trinajstić information content (AvgIpc) is 2.24. The number of rotatable bonds is 7. The molecule has 0 aliphatic carbocycles. The van der Waals surface area contributed by atoms with Gasteiger partial charge in [-0.1, -0.05) is 0 Å². The molecule has 0 aliphatic heterocycles. The number of nitrogens with two attached hydrogens (primary N) is 1. The highest BCUT2D eigenvalue weighted by Crippen LogP contribution is 2.10. The van der Waals surface area contributed by atoms with E-state index >= 15 is 0 Å². The number of nitrogens with zero attached hydrogens (tertiary/aromatic N) is 1. The number of ether oxygens (including phenoxy) is 1. The first-order valence-electron chi connectivity index (χ1n) is 5.88. The fourth-order valence-corrected chi connectivity index (χ4v) is 2.10. The maximum atomic E-state index is 10.9. The molecule has 0 amide bonds. The van der Waals surface area contributed by atoms with Crippen LogP contribution in [0.4, 0.5) is 0 Å². The average molecular weight is 272 g/mol. The van der Waals surface area contributed by atoms with Gasteiger partial charge in [-0.15, -0.1) is 0 Å². The quantitative estimate of drug-likeness (QED) is 0.742. The molecule has 0 aromatic carbocycles. The Bertz CT molecular complexity index is 455. The second-order valence-corrected chi connectivity index (χ2v) is 6.76. The molecule has 1 rings (SSSR count). The van der Waals surface area contributed by atoms with E-state index < -0.39 is 9.84 Å². The fourth-order valence-electron chi connectivity index (χ4n) is 1.46. The summed E-state index contributed by atoms with van der Waals surface area (Å²) in [6, 6.07) is 3.78. The van der Waals surface area contributed by atoms with Gasteiger partial charge in [0.2, 0.25) is 0 Å². The second kappa shape index (κ2) is 6.70. The summed E-state index contributed by atoms with van der Waals surface area (Å²) >= 11 is 0. The molecule has 0 spiro atoms. The zero-order valence-electron chi connectivity index (χ0n) is 10.8. The Hall–Kier alpha value is -1.14. The number of aromatic nitrogens is 1. The van der Waals surface area contributed by atoms with E-state index in [1.807, 2.05) is 19.1 Å². The van der Waals surface area contributed by atoms with Crippen LogP contribution >= 0.6 is 0 Å². The van der Waals surface area contributed by atoms with Crippen LogP contribution < -0.4 is 10.5 Å². The van der Waals surface area contributed by atoms with Crippen LogP contribution in [0.2, 0.25) is 0 Å². The first kappa shape index (κ1) is 14.9. The van der Waals surface area contributed by atoms with E-state index in [-0.39, 0.29) is 11.8 Å². The molecule has 0 saturated carbocycles. The van der Waals surface area contributed by atoms with E-state index in [9.17, 15) is 8.42 Å². The third-order valence-electron chi connectivity index (χ3n) is 2.26. The Morgan fingerprint density at radius 3 is 2.67 bits per heavy atom. The van der Waals surface area contributed by atoms with E-state index in [1.54, 1.807) is 6.20 Å². The summed E-state index contributed by atoms with van der Waals surface area (Å²) in [5.74, 6) is 0.792. The van der Waals surface area contributed by atoms with Gasteiger partial charge < -0.3 is 10.5 Å². The topological polar surface area (TPSA) is 82.3 Å². The molecule has 0 bridgehead atoms. The molecule has 1 aromatic heterocycles. The molecule has 1 atom stereocenters. The zero-order valence-corrected chi connectivity index (χ0v) is 11.6. The van der Waals surface area contributed by atoms with Crippen LogP contribution in [0.1, 0.15) is 19.0 Å². The maximum absolute atomic E-state index is 10.9. The van der Waals surface area contributed by atoms with Gasteiger partial charge in [0.1, 0.15) is 15.6 Å². The smallest absolute Gasteiger partial charge is 0.147 e. The van der Waals surface area contributed by atoms with Gasteiger partial charge in [0, 0.05) is 24.4 Å². The van der Waals surface area contributed by atoms with Crippen LogP contribution in [0.15, 0.2) is 18.3 Å². The minimum absolute atomic E-state index is 0.0824. The minimum Gasteiger partial charge on any atom is -0.492 e. The summed E-state index contributed by atoms with van der Waals surface area (Å²) in [6.45, 7) is 2.30. The Labute approximate surface area is 108 Å². The SMILES string of the molecule is CC(N)Cc1ccc(OCCCS(C)(=O)=O)cn1. The number of pyridine rings is 1. The van der Waals surface area contributed by atoms with E-state index in [0.717, 1.165) is 12.1 Å². The number of hydrogen-bond acceptors (Lipinski definition) is 5. The van der Waals surface area contributed by atoms with Crippen molar-refractivity contribution < 1.29 is 13.2 Å². The van der Waals surface area contributed by atoms with Crippen molar-refractivity contribution >= 4 is 9.84 Å². The minimum atomic E-state index is -2.91. The second-order valence-electron chi connectivity index (χ2n) is 4.50. The molecule has 1 aromatic rings. The highest BCUT2D eigenvalue weighted by molar-refractivity contribution is 7.90. The number of hydrogen-bond donors (Lipinski definition) is 1. The molecular formula is C12H20N2O3S. The third-order valence-corrected chi connectivity index (χ3v) is 3.29. The first-order valence-corrected chi connectivity index (χ1v) is 7.94. The summed E-state index contributed by atoms with van der Waals surface area (Å²) in [6.07, 6.45) is 4.07. The molecule has 18 heavy (non-hydrogen) atoms. The lowest BCUT2D eigenvalue weighted by Crippen LogP contribution is -2.18. The predicted molar refractivity (Wildman–Crippen MR) is 71.4 cm³/mol.